The maximum atomic E-state index is 5.30. The van der Waals surface area contributed by atoms with E-state index in [-0.39, 0.29) is 0 Å². The minimum atomic E-state index is 0.652. The molecule has 0 aliphatic heterocycles. The third-order valence-corrected chi connectivity index (χ3v) is 11.6. The van der Waals surface area contributed by atoms with E-state index in [2.05, 4.69) is 150 Å². The van der Waals surface area contributed by atoms with E-state index in [4.69, 9.17) is 15.0 Å². The van der Waals surface area contributed by atoms with Crippen molar-refractivity contribution in [2.24, 2.45) is 0 Å². The first-order valence-electron chi connectivity index (χ1n) is 18.1. The van der Waals surface area contributed by atoms with E-state index in [1.54, 1.807) is 0 Å². The van der Waals surface area contributed by atoms with Crippen molar-refractivity contribution in [3.8, 4) is 51.0 Å². The van der Waals surface area contributed by atoms with Crippen LogP contribution in [0.5, 0.6) is 0 Å². The Kier molecular flexibility index (Phi) is 7.00. The third-order valence-electron chi connectivity index (χ3n) is 10.4. The number of para-hydroxylation sites is 2. The summed E-state index contributed by atoms with van der Waals surface area (Å²) in [6.07, 6.45) is 0. The molecular formula is C49H30N4S. The van der Waals surface area contributed by atoms with Gasteiger partial charge in [0, 0.05) is 58.9 Å². The molecule has 5 heteroatoms. The fourth-order valence-electron chi connectivity index (χ4n) is 8.15. The molecule has 0 saturated heterocycles. The van der Waals surface area contributed by atoms with Gasteiger partial charge in [0.2, 0.25) is 0 Å². The molecule has 0 aliphatic carbocycles. The molecule has 0 N–H and O–H groups in total. The van der Waals surface area contributed by atoms with Crippen molar-refractivity contribution in [1.29, 1.82) is 0 Å². The second-order valence-corrected chi connectivity index (χ2v) is 14.6. The quantitative estimate of drug-likeness (QED) is 0.179. The number of fused-ring (bicyclic) bond motifs is 7. The van der Waals surface area contributed by atoms with E-state index in [1.165, 1.54) is 53.1 Å². The first-order valence-corrected chi connectivity index (χ1v) is 18.9. The number of hydrogen-bond acceptors (Lipinski definition) is 4. The Labute approximate surface area is 315 Å². The van der Waals surface area contributed by atoms with Crippen LogP contribution in [0.2, 0.25) is 0 Å². The Morgan fingerprint density at radius 2 is 0.889 bits per heavy atom. The van der Waals surface area contributed by atoms with Gasteiger partial charge in [-0.05, 0) is 46.7 Å². The molecule has 0 radical (unpaired) electrons. The Hall–Kier alpha value is -6.95. The first-order chi connectivity index (χ1) is 26.8. The summed E-state index contributed by atoms with van der Waals surface area (Å²) >= 11 is 1.85. The SMILES string of the molecule is c1ccc(-c2nc(-c3ccccc3)nc(-c3c4ccccc4c(-c4cccc5c4c4ccccc4n5-c4ccccc4)c4sc5ccccc5c34)n2)cc1. The van der Waals surface area contributed by atoms with E-state index in [0.717, 1.165) is 33.2 Å². The Morgan fingerprint density at radius 3 is 1.57 bits per heavy atom. The highest BCUT2D eigenvalue weighted by Gasteiger charge is 2.25. The maximum absolute atomic E-state index is 5.30. The van der Waals surface area contributed by atoms with Crippen LogP contribution in [0.25, 0.3) is 104 Å². The second-order valence-electron chi connectivity index (χ2n) is 13.5. The molecule has 54 heavy (non-hydrogen) atoms. The summed E-state index contributed by atoms with van der Waals surface area (Å²) in [5, 5.41) is 7.10. The highest BCUT2D eigenvalue weighted by atomic mass is 32.1. The van der Waals surface area contributed by atoms with Crippen molar-refractivity contribution in [2.45, 2.75) is 0 Å². The lowest BCUT2D eigenvalue weighted by molar-refractivity contribution is 1.08. The predicted octanol–water partition coefficient (Wildman–Crippen LogP) is 13.2. The van der Waals surface area contributed by atoms with Crippen LogP contribution in [-0.4, -0.2) is 19.5 Å². The highest BCUT2D eigenvalue weighted by Crippen LogP contribution is 2.51. The standard InChI is InChI=1S/C49H30N4S/c1-4-17-31(18-5-1)47-50-48(32-19-6-2-7-20-32)52-49(51-47)45-35-24-11-10-23-34(35)43(46-44(45)37-26-13-15-30-41(37)54-46)38-27-16-29-40-42(38)36-25-12-14-28-39(36)53(40)33-21-8-3-9-22-33/h1-30H. The number of benzene rings is 8. The summed E-state index contributed by atoms with van der Waals surface area (Å²) < 4.78 is 4.84. The summed E-state index contributed by atoms with van der Waals surface area (Å²) in [6, 6.07) is 64.2. The largest absolute Gasteiger partial charge is 0.309 e. The molecule has 8 aromatic carbocycles. The molecule has 252 valence electrons. The molecule has 11 rings (SSSR count). The molecule has 0 aliphatic rings. The smallest absolute Gasteiger partial charge is 0.165 e. The number of thiophene rings is 1. The van der Waals surface area contributed by atoms with Crippen LogP contribution in [-0.2, 0) is 0 Å². The summed E-state index contributed by atoms with van der Waals surface area (Å²) in [6.45, 7) is 0. The Morgan fingerprint density at radius 1 is 0.370 bits per heavy atom. The summed E-state index contributed by atoms with van der Waals surface area (Å²) in [5.41, 5.74) is 8.88. The van der Waals surface area contributed by atoms with Gasteiger partial charge in [0.25, 0.3) is 0 Å². The molecular weight excluding hydrogens is 677 g/mol. The van der Waals surface area contributed by atoms with Crippen LogP contribution < -0.4 is 0 Å². The monoisotopic (exact) mass is 706 g/mol. The normalized spacial score (nSPS) is 11.7. The molecule has 0 bridgehead atoms. The number of hydrogen-bond donors (Lipinski definition) is 0. The molecule has 11 aromatic rings. The average molecular weight is 707 g/mol. The fraction of sp³-hybridized carbons (Fsp3) is 0. The molecule has 0 fully saturated rings. The van der Waals surface area contributed by atoms with E-state index < -0.39 is 0 Å². The zero-order chi connectivity index (χ0) is 35.6. The van der Waals surface area contributed by atoms with Crippen LogP contribution in [0.3, 0.4) is 0 Å². The number of rotatable bonds is 5. The van der Waals surface area contributed by atoms with E-state index in [0.29, 0.717) is 17.5 Å². The van der Waals surface area contributed by atoms with Crippen molar-refractivity contribution in [3.63, 3.8) is 0 Å². The third kappa shape index (κ3) is 4.72. The second kappa shape index (κ2) is 12.3. The summed E-state index contributed by atoms with van der Waals surface area (Å²) in [7, 11) is 0. The minimum Gasteiger partial charge on any atom is -0.309 e. The average Bonchev–Trinajstić information content (AvgIpc) is 3.80. The number of aromatic nitrogens is 4. The van der Waals surface area contributed by atoms with Gasteiger partial charge < -0.3 is 4.57 Å². The Balaban J connectivity index is 1.29. The van der Waals surface area contributed by atoms with Crippen molar-refractivity contribution < 1.29 is 0 Å². The van der Waals surface area contributed by atoms with Crippen LogP contribution in [0, 0.1) is 0 Å². The van der Waals surface area contributed by atoms with Gasteiger partial charge in [-0.3, -0.25) is 0 Å². The van der Waals surface area contributed by atoms with E-state index >= 15 is 0 Å². The molecule has 4 nitrogen and oxygen atoms in total. The lowest BCUT2D eigenvalue weighted by Crippen LogP contribution is -2.01. The van der Waals surface area contributed by atoms with Gasteiger partial charge in [0.1, 0.15) is 0 Å². The van der Waals surface area contributed by atoms with Crippen molar-refractivity contribution >= 4 is 64.1 Å². The van der Waals surface area contributed by atoms with E-state index in [9.17, 15) is 0 Å². The molecule has 3 aromatic heterocycles. The summed E-state index contributed by atoms with van der Waals surface area (Å²) in [5.74, 6) is 1.97. The van der Waals surface area contributed by atoms with Crippen LogP contribution in [0.4, 0.5) is 0 Å². The maximum Gasteiger partial charge on any atom is 0.165 e. The van der Waals surface area contributed by atoms with Gasteiger partial charge >= 0.3 is 0 Å². The molecule has 0 amide bonds. The van der Waals surface area contributed by atoms with Crippen LogP contribution >= 0.6 is 11.3 Å². The molecule has 0 unspecified atom stereocenters. The van der Waals surface area contributed by atoms with Gasteiger partial charge in [0.15, 0.2) is 17.5 Å². The summed E-state index contributed by atoms with van der Waals surface area (Å²) in [4.78, 5) is 15.6. The zero-order valence-electron chi connectivity index (χ0n) is 29.0. The molecule has 0 atom stereocenters. The van der Waals surface area contributed by atoms with Gasteiger partial charge in [-0.25, -0.2) is 15.0 Å². The van der Waals surface area contributed by atoms with Gasteiger partial charge in [-0.1, -0.05) is 152 Å². The molecule has 0 saturated carbocycles. The van der Waals surface area contributed by atoms with Gasteiger partial charge in [0.05, 0.1) is 11.0 Å². The van der Waals surface area contributed by atoms with Gasteiger partial charge in [-0.2, -0.15) is 0 Å². The topological polar surface area (TPSA) is 43.6 Å². The zero-order valence-corrected chi connectivity index (χ0v) is 29.8. The lowest BCUT2D eigenvalue weighted by atomic mass is 9.89. The predicted molar refractivity (Wildman–Crippen MR) is 226 cm³/mol. The van der Waals surface area contributed by atoms with E-state index in [1.807, 2.05) is 47.7 Å². The van der Waals surface area contributed by atoms with Crippen LogP contribution in [0.1, 0.15) is 0 Å². The van der Waals surface area contributed by atoms with Gasteiger partial charge in [-0.15, -0.1) is 11.3 Å². The number of nitrogens with zero attached hydrogens (tertiary/aromatic N) is 4. The minimum absolute atomic E-state index is 0.652. The Bertz CT molecular complexity index is 3140. The van der Waals surface area contributed by atoms with Crippen molar-refractivity contribution in [1.82, 2.24) is 19.5 Å². The molecule has 3 heterocycles. The highest BCUT2D eigenvalue weighted by molar-refractivity contribution is 7.26. The first kappa shape index (κ1) is 30.7. The lowest BCUT2D eigenvalue weighted by Gasteiger charge is -2.16. The van der Waals surface area contributed by atoms with Crippen molar-refractivity contribution in [2.75, 3.05) is 0 Å². The fourth-order valence-corrected chi connectivity index (χ4v) is 9.43. The van der Waals surface area contributed by atoms with Crippen molar-refractivity contribution in [3.05, 3.63) is 182 Å². The molecule has 0 spiro atoms. The van der Waals surface area contributed by atoms with Crippen LogP contribution in [0.15, 0.2) is 182 Å².